The molecule has 0 saturated carbocycles. The number of benzene rings is 2. The molecule has 1 N–H and O–H groups in total. The normalized spacial score (nSPS) is 17.0. The van der Waals surface area contributed by atoms with E-state index in [1.54, 1.807) is 30.2 Å². The summed E-state index contributed by atoms with van der Waals surface area (Å²) in [6, 6.07) is 11.1. The Morgan fingerprint density at radius 3 is 2.61 bits per heavy atom. The molecule has 0 unspecified atom stereocenters. The number of azo groups is 1. The third kappa shape index (κ3) is 4.60. The highest BCUT2D eigenvalue weighted by atomic mass is 16.6. The number of piperidine rings is 1. The van der Waals surface area contributed by atoms with Gasteiger partial charge >= 0.3 is 6.09 Å². The average molecular weight is 492 g/mol. The van der Waals surface area contributed by atoms with E-state index in [9.17, 15) is 9.90 Å². The molecule has 36 heavy (non-hydrogen) atoms. The molecule has 0 atom stereocenters. The van der Waals surface area contributed by atoms with Crippen LogP contribution in [0, 0.1) is 0 Å². The van der Waals surface area contributed by atoms with Gasteiger partial charge in [0.2, 0.25) is 5.75 Å². The van der Waals surface area contributed by atoms with Crippen molar-refractivity contribution < 1.29 is 28.5 Å². The van der Waals surface area contributed by atoms with Crippen molar-refractivity contribution in [1.29, 1.82) is 0 Å². The van der Waals surface area contributed by atoms with Gasteiger partial charge in [0, 0.05) is 37.6 Å². The molecule has 1 fully saturated rings. The summed E-state index contributed by atoms with van der Waals surface area (Å²) < 4.78 is 23.4. The van der Waals surface area contributed by atoms with E-state index in [2.05, 4.69) is 10.2 Å². The molecule has 2 aliphatic rings. The Labute approximate surface area is 209 Å². The van der Waals surface area contributed by atoms with E-state index < -0.39 is 5.60 Å². The van der Waals surface area contributed by atoms with Crippen molar-refractivity contribution in [3.8, 4) is 17.2 Å². The zero-order chi connectivity index (χ0) is 25.4. The molecular formula is C27H29N3O6. The van der Waals surface area contributed by atoms with Gasteiger partial charge in [-0.1, -0.05) is 18.2 Å². The predicted octanol–water partition coefficient (Wildman–Crippen LogP) is 6.52. The monoisotopic (exact) mass is 491 g/mol. The van der Waals surface area contributed by atoms with Crippen molar-refractivity contribution in [2.24, 2.45) is 10.2 Å². The van der Waals surface area contributed by atoms with Crippen molar-refractivity contribution >= 4 is 34.5 Å². The average Bonchev–Trinajstić information content (AvgIpc) is 3.40. The van der Waals surface area contributed by atoms with Crippen LogP contribution in [0.2, 0.25) is 0 Å². The molecule has 3 aromatic rings. The zero-order valence-corrected chi connectivity index (χ0v) is 20.8. The van der Waals surface area contributed by atoms with Gasteiger partial charge in [0.05, 0.1) is 23.9 Å². The van der Waals surface area contributed by atoms with Crippen LogP contribution in [-0.4, -0.2) is 48.0 Å². The molecule has 1 saturated heterocycles. The molecule has 3 heterocycles. The predicted molar refractivity (Wildman–Crippen MR) is 135 cm³/mol. The number of furan rings is 1. The van der Waals surface area contributed by atoms with Gasteiger partial charge in [0.25, 0.3) is 0 Å². The lowest BCUT2D eigenvalue weighted by Gasteiger charge is -2.33. The standard InChI is InChI=1S/C27H29N3O6/c1-27(2,3)36-26(32)30-13-11-16(12-14-30)34-25-21(33-4)10-9-18-23(31)22(35-24(18)25)15-20-17-7-5-6-8-19(17)28-29-20/h5-10,15-16,31H,11-14H2,1-4H3. The lowest BCUT2D eigenvalue weighted by molar-refractivity contribution is 0.0125. The Kier molecular flexibility index (Phi) is 6.07. The first-order chi connectivity index (χ1) is 17.2. The zero-order valence-electron chi connectivity index (χ0n) is 20.8. The summed E-state index contributed by atoms with van der Waals surface area (Å²) in [5, 5.41) is 19.8. The fourth-order valence-corrected chi connectivity index (χ4v) is 4.31. The maximum absolute atomic E-state index is 12.4. The van der Waals surface area contributed by atoms with Crippen LogP contribution < -0.4 is 9.47 Å². The van der Waals surface area contributed by atoms with Crippen molar-refractivity contribution in [3.63, 3.8) is 0 Å². The molecule has 9 nitrogen and oxygen atoms in total. The second kappa shape index (κ2) is 9.22. The first kappa shape index (κ1) is 23.7. The molecular weight excluding hydrogens is 462 g/mol. The van der Waals surface area contributed by atoms with Gasteiger partial charge in [-0.25, -0.2) is 4.79 Å². The minimum atomic E-state index is -0.538. The van der Waals surface area contributed by atoms with Crippen LogP contribution >= 0.6 is 0 Å². The Morgan fingerprint density at radius 2 is 1.89 bits per heavy atom. The molecule has 0 spiro atoms. The van der Waals surface area contributed by atoms with Gasteiger partial charge in [0.15, 0.2) is 22.8 Å². The Balaban J connectivity index is 1.39. The molecule has 5 rings (SSSR count). The van der Waals surface area contributed by atoms with Crippen molar-refractivity contribution in [3.05, 3.63) is 47.7 Å². The summed E-state index contributed by atoms with van der Waals surface area (Å²) >= 11 is 0. The molecule has 1 amide bonds. The molecule has 9 heteroatoms. The number of carbonyl (C=O) groups is 1. The van der Waals surface area contributed by atoms with Crippen LogP contribution in [0.3, 0.4) is 0 Å². The van der Waals surface area contributed by atoms with Gasteiger partial charge < -0.3 is 28.6 Å². The number of hydrogen-bond donors (Lipinski definition) is 1. The van der Waals surface area contributed by atoms with Crippen molar-refractivity contribution in [1.82, 2.24) is 4.90 Å². The fourth-order valence-electron chi connectivity index (χ4n) is 4.31. The van der Waals surface area contributed by atoms with Gasteiger partial charge in [-0.15, -0.1) is 10.2 Å². The summed E-state index contributed by atoms with van der Waals surface area (Å²) in [4.78, 5) is 14.1. The number of nitrogens with zero attached hydrogens (tertiary/aromatic N) is 3. The second-order valence-electron chi connectivity index (χ2n) is 9.82. The number of methoxy groups -OCH3 is 1. The second-order valence-corrected chi connectivity index (χ2v) is 9.82. The lowest BCUT2D eigenvalue weighted by Crippen LogP contribution is -2.44. The number of hydrogen-bond acceptors (Lipinski definition) is 8. The van der Waals surface area contributed by atoms with Gasteiger partial charge in [-0.3, -0.25) is 0 Å². The summed E-state index contributed by atoms with van der Waals surface area (Å²) in [6.45, 7) is 6.59. The Bertz CT molecular complexity index is 1360. The van der Waals surface area contributed by atoms with E-state index in [-0.39, 0.29) is 23.7 Å². The summed E-state index contributed by atoms with van der Waals surface area (Å²) in [5.74, 6) is 1.16. The van der Waals surface area contributed by atoms with Crippen molar-refractivity contribution in [2.75, 3.05) is 20.2 Å². The SMILES string of the molecule is COc1ccc2c(O)c(C=C3N=Nc4ccccc43)oc2c1OC1CCN(C(=O)OC(C)(C)C)CC1. The highest BCUT2D eigenvalue weighted by Crippen LogP contribution is 2.45. The minimum Gasteiger partial charge on any atom is -0.504 e. The third-order valence-corrected chi connectivity index (χ3v) is 6.09. The maximum atomic E-state index is 12.4. The number of amides is 1. The number of fused-ring (bicyclic) bond motifs is 2. The van der Waals surface area contributed by atoms with Crippen LogP contribution in [0.15, 0.2) is 51.0 Å². The molecule has 0 aliphatic carbocycles. The lowest BCUT2D eigenvalue weighted by atomic mass is 10.1. The number of aromatic hydroxyl groups is 1. The van der Waals surface area contributed by atoms with E-state index in [4.69, 9.17) is 18.6 Å². The maximum Gasteiger partial charge on any atom is 0.410 e. The quantitative estimate of drug-likeness (QED) is 0.445. The van der Waals surface area contributed by atoms with E-state index >= 15 is 0 Å². The topological polar surface area (TPSA) is 106 Å². The summed E-state index contributed by atoms with van der Waals surface area (Å²) in [5.41, 5.74) is 2.08. The van der Waals surface area contributed by atoms with E-state index in [0.717, 1.165) is 11.3 Å². The fraction of sp³-hybridized carbons (Fsp3) is 0.370. The number of ether oxygens (including phenoxy) is 3. The Hall–Kier alpha value is -4.01. The largest absolute Gasteiger partial charge is 0.504 e. The van der Waals surface area contributed by atoms with Crippen LogP contribution in [0.1, 0.15) is 44.9 Å². The summed E-state index contributed by atoms with van der Waals surface area (Å²) in [7, 11) is 1.56. The smallest absolute Gasteiger partial charge is 0.410 e. The molecule has 1 aromatic heterocycles. The summed E-state index contributed by atoms with van der Waals surface area (Å²) in [6.07, 6.45) is 2.44. The van der Waals surface area contributed by atoms with Crippen LogP contribution in [-0.2, 0) is 4.74 Å². The Morgan fingerprint density at radius 1 is 1.14 bits per heavy atom. The highest BCUT2D eigenvalue weighted by molar-refractivity contribution is 5.96. The van der Waals surface area contributed by atoms with Gasteiger partial charge in [-0.05, 0) is 39.0 Å². The first-order valence-corrected chi connectivity index (χ1v) is 11.9. The van der Waals surface area contributed by atoms with Gasteiger partial charge in [-0.2, -0.15) is 0 Å². The first-order valence-electron chi connectivity index (χ1n) is 11.9. The highest BCUT2D eigenvalue weighted by Gasteiger charge is 2.29. The molecule has 2 aliphatic heterocycles. The third-order valence-electron chi connectivity index (χ3n) is 6.09. The number of carbonyl (C=O) groups excluding carboxylic acids is 1. The number of rotatable bonds is 4. The van der Waals surface area contributed by atoms with E-state index in [0.29, 0.717) is 54.1 Å². The molecule has 0 bridgehead atoms. The van der Waals surface area contributed by atoms with E-state index in [1.165, 1.54) is 0 Å². The van der Waals surface area contributed by atoms with Crippen LogP contribution in [0.25, 0.3) is 22.7 Å². The van der Waals surface area contributed by atoms with Gasteiger partial charge in [0.1, 0.15) is 11.7 Å². The number of likely N-dealkylation sites (tertiary alicyclic amines) is 1. The molecule has 0 radical (unpaired) electrons. The van der Waals surface area contributed by atoms with E-state index in [1.807, 2.05) is 45.0 Å². The van der Waals surface area contributed by atoms with Crippen LogP contribution in [0.4, 0.5) is 10.5 Å². The molecule has 2 aromatic carbocycles. The minimum absolute atomic E-state index is 0.00988. The van der Waals surface area contributed by atoms with Crippen molar-refractivity contribution in [2.45, 2.75) is 45.3 Å². The molecule has 188 valence electrons. The van der Waals surface area contributed by atoms with Crippen LogP contribution in [0.5, 0.6) is 17.2 Å².